The van der Waals surface area contributed by atoms with Crippen LogP contribution in [0.3, 0.4) is 0 Å². The highest BCUT2D eigenvalue weighted by molar-refractivity contribution is 7.99. The standard InChI is InChI=1S/C25H26Cl2N6O4S/c1-5-10-32-23(22(14(2)3)29-24(35)18-8-6-16(26)12-19(18)27)30-31-25(32)38-13-21(34)28-20-9-7-17(33(36)37)11-15(20)4/h5-9,11-12,14,22H,1,10,13H2,2-4H3,(H,28,34)(H,29,35)/t22-/m0/s1. The zero-order chi connectivity index (χ0) is 28.0. The van der Waals surface area contributed by atoms with E-state index in [1.165, 1.54) is 36.0 Å². The third kappa shape index (κ3) is 7.12. The largest absolute Gasteiger partial charge is 0.342 e. The van der Waals surface area contributed by atoms with E-state index in [0.717, 1.165) is 0 Å². The van der Waals surface area contributed by atoms with Gasteiger partial charge in [-0.05, 0) is 42.7 Å². The number of non-ortho nitro benzene ring substituents is 1. The second kappa shape index (κ2) is 12.9. The summed E-state index contributed by atoms with van der Waals surface area (Å²) in [7, 11) is 0. The number of nitrogens with zero attached hydrogens (tertiary/aromatic N) is 4. The number of allylic oxidation sites excluding steroid dienone is 1. The maximum Gasteiger partial charge on any atom is 0.269 e. The summed E-state index contributed by atoms with van der Waals surface area (Å²) in [5.74, 6) is -0.222. The van der Waals surface area contributed by atoms with E-state index in [-0.39, 0.29) is 39.8 Å². The molecule has 0 aliphatic carbocycles. The third-order valence-electron chi connectivity index (χ3n) is 5.49. The monoisotopic (exact) mass is 576 g/mol. The van der Waals surface area contributed by atoms with Crippen molar-refractivity contribution in [3.63, 3.8) is 0 Å². The van der Waals surface area contributed by atoms with E-state index in [1.807, 2.05) is 13.8 Å². The first-order valence-corrected chi connectivity index (χ1v) is 13.2. The summed E-state index contributed by atoms with van der Waals surface area (Å²) in [6.45, 7) is 9.71. The lowest BCUT2D eigenvalue weighted by Gasteiger charge is -2.23. The fourth-order valence-electron chi connectivity index (χ4n) is 3.58. The molecule has 0 saturated heterocycles. The van der Waals surface area contributed by atoms with Crippen molar-refractivity contribution in [2.45, 2.75) is 38.5 Å². The number of nitrogens with one attached hydrogen (secondary N) is 2. The molecule has 2 amide bonds. The Labute approximate surface area is 234 Å². The van der Waals surface area contributed by atoms with Gasteiger partial charge in [-0.1, -0.05) is 54.9 Å². The van der Waals surface area contributed by atoms with Gasteiger partial charge in [0.2, 0.25) is 5.91 Å². The molecule has 1 aromatic heterocycles. The summed E-state index contributed by atoms with van der Waals surface area (Å²) < 4.78 is 1.79. The second-order valence-corrected chi connectivity index (χ2v) is 10.4. The van der Waals surface area contributed by atoms with Crippen LogP contribution in [0.15, 0.2) is 54.2 Å². The second-order valence-electron chi connectivity index (χ2n) is 8.65. The Balaban J connectivity index is 1.76. The van der Waals surface area contributed by atoms with Gasteiger partial charge < -0.3 is 15.2 Å². The Hall–Kier alpha value is -3.41. The Morgan fingerprint density at radius 2 is 1.95 bits per heavy atom. The molecule has 3 rings (SSSR count). The van der Waals surface area contributed by atoms with E-state index in [4.69, 9.17) is 23.2 Å². The minimum Gasteiger partial charge on any atom is -0.342 e. The lowest BCUT2D eigenvalue weighted by atomic mass is 10.0. The maximum absolute atomic E-state index is 13.0. The van der Waals surface area contributed by atoms with Crippen LogP contribution in [-0.2, 0) is 11.3 Å². The molecule has 0 aliphatic rings. The number of amides is 2. The molecule has 0 unspecified atom stereocenters. The average Bonchev–Trinajstić information content (AvgIpc) is 3.24. The van der Waals surface area contributed by atoms with Gasteiger partial charge in [0.05, 0.1) is 27.3 Å². The van der Waals surface area contributed by atoms with Crippen molar-refractivity contribution in [1.82, 2.24) is 20.1 Å². The zero-order valence-electron chi connectivity index (χ0n) is 20.9. The zero-order valence-corrected chi connectivity index (χ0v) is 23.2. The van der Waals surface area contributed by atoms with Crippen molar-refractivity contribution in [3.05, 3.63) is 86.2 Å². The number of anilines is 1. The molecule has 1 heterocycles. The van der Waals surface area contributed by atoms with E-state index in [2.05, 4.69) is 27.4 Å². The molecule has 0 spiro atoms. The number of rotatable bonds is 11. The van der Waals surface area contributed by atoms with Gasteiger partial charge in [-0.2, -0.15) is 0 Å². The fourth-order valence-corrected chi connectivity index (χ4v) is 4.83. The van der Waals surface area contributed by atoms with Gasteiger partial charge >= 0.3 is 0 Å². The summed E-state index contributed by atoms with van der Waals surface area (Å²) in [4.78, 5) is 36.1. The van der Waals surface area contributed by atoms with Crippen LogP contribution in [0.2, 0.25) is 10.0 Å². The Kier molecular flexibility index (Phi) is 9.90. The highest BCUT2D eigenvalue weighted by Crippen LogP contribution is 2.28. The predicted molar refractivity (Wildman–Crippen MR) is 149 cm³/mol. The van der Waals surface area contributed by atoms with Crippen molar-refractivity contribution in [3.8, 4) is 0 Å². The highest BCUT2D eigenvalue weighted by atomic mass is 35.5. The lowest BCUT2D eigenvalue weighted by Crippen LogP contribution is -2.34. The molecular weight excluding hydrogens is 551 g/mol. The van der Waals surface area contributed by atoms with Crippen LogP contribution in [0, 0.1) is 23.0 Å². The van der Waals surface area contributed by atoms with E-state index >= 15 is 0 Å². The van der Waals surface area contributed by atoms with Crippen LogP contribution in [-0.4, -0.2) is 37.3 Å². The number of hydrogen-bond acceptors (Lipinski definition) is 7. The van der Waals surface area contributed by atoms with Gasteiger partial charge in [0, 0.05) is 29.4 Å². The first-order valence-electron chi connectivity index (χ1n) is 11.5. The normalized spacial score (nSPS) is 11.7. The number of carbonyl (C=O) groups is 2. The molecule has 38 heavy (non-hydrogen) atoms. The SMILES string of the molecule is C=CCn1c(SCC(=O)Nc2ccc([N+](=O)[O-])cc2C)nnc1[C@@H](NC(=O)c1ccc(Cl)cc1Cl)C(C)C. The smallest absolute Gasteiger partial charge is 0.269 e. The Bertz CT molecular complexity index is 1380. The number of carbonyl (C=O) groups excluding carboxylic acids is 2. The number of aryl methyl sites for hydroxylation is 1. The molecule has 0 radical (unpaired) electrons. The fraction of sp³-hybridized carbons (Fsp3) is 0.280. The van der Waals surface area contributed by atoms with Gasteiger partial charge in [0.15, 0.2) is 11.0 Å². The lowest BCUT2D eigenvalue weighted by molar-refractivity contribution is -0.384. The topological polar surface area (TPSA) is 132 Å². The number of nitro benzene ring substituents is 1. The van der Waals surface area contributed by atoms with Gasteiger partial charge in [0.25, 0.3) is 11.6 Å². The van der Waals surface area contributed by atoms with Crippen molar-refractivity contribution in [2.75, 3.05) is 11.1 Å². The van der Waals surface area contributed by atoms with Crippen molar-refractivity contribution < 1.29 is 14.5 Å². The summed E-state index contributed by atoms with van der Waals surface area (Å²) in [6, 6.07) is 8.36. The molecular formula is C25H26Cl2N6O4S. The van der Waals surface area contributed by atoms with Crippen molar-refractivity contribution in [1.29, 1.82) is 0 Å². The van der Waals surface area contributed by atoms with Gasteiger partial charge in [-0.3, -0.25) is 19.7 Å². The first-order chi connectivity index (χ1) is 18.0. The predicted octanol–water partition coefficient (Wildman–Crippen LogP) is 5.85. The number of nitro groups is 1. The molecule has 1 atom stereocenters. The molecule has 0 aliphatic heterocycles. The van der Waals surface area contributed by atoms with Crippen molar-refractivity contribution in [2.24, 2.45) is 5.92 Å². The molecule has 3 aromatic rings. The highest BCUT2D eigenvalue weighted by Gasteiger charge is 2.27. The maximum atomic E-state index is 13.0. The van der Waals surface area contributed by atoms with Crippen LogP contribution < -0.4 is 10.6 Å². The van der Waals surface area contributed by atoms with Crippen LogP contribution >= 0.6 is 35.0 Å². The number of hydrogen-bond donors (Lipinski definition) is 2. The van der Waals surface area contributed by atoms with Gasteiger partial charge in [-0.15, -0.1) is 16.8 Å². The Morgan fingerprint density at radius 3 is 2.55 bits per heavy atom. The van der Waals surface area contributed by atoms with E-state index < -0.39 is 11.0 Å². The first kappa shape index (κ1) is 29.2. The summed E-state index contributed by atoms with van der Waals surface area (Å²) in [6.07, 6.45) is 1.67. The summed E-state index contributed by atoms with van der Waals surface area (Å²) >= 11 is 13.3. The van der Waals surface area contributed by atoms with Gasteiger partial charge in [0.1, 0.15) is 0 Å². The van der Waals surface area contributed by atoms with Crippen LogP contribution in [0.1, 0.15) is 41.6 Å². The molecule has 0 fully saturated rings. The molecule has 13 heteroatoms. The Morgan fingerprint density at radius 1 is 1.21 bits per heavy atom. The molecule has 200 valence electrons. The van der Waals surface area contributed by atoms with Crippen LogP contribution in [0.5, 0.6) is 0 Å². The van der Waals surface area contributed by atoms with E-state index in [1.54, 1.807) is 29.7 Å². The number of aromatic nitrogens is 3. The average molecular weight is 577 g/mol. The van der Waals surface area contributed by atoms with Crippen LogP contribution in [0.25, 0.3) is 0 Å². The molecule has 0 saturated carbocycles. The van der Waals surface area contributed by atoms with E-state index in [0.29, 0.717) is 33.8 Å². The van der Waals surface area contributed by atoms with Crippen molar-refractivity contribution >= 4 is 58.2 Å². The number of benzene rings is 2. The molecule has 10 nitrogen and oxygen atoms in total. The van der Waals surface area contributed by atoms with E-state index in [9.17, 15) is 19.7 Å². The minimum absolute atomic E-state index is 0.0186. The summed E-state index contributed by atoms with van der Waals surface area (Å²) in [5.41, 5.74) is 1.29. The molecule has 0 bridgehead atoms. The number of halogens is 2. The molecule has 2 aromatic carbocycles. The number of thioether (sulfide) groups is 1. The minimum atomic E-state index is -0.507. The quantitative estimate of drug-likeness (QED) is 0.127. The molecule has 2 N–H and O–H groups in total. The third-order valence-corrected chi connectivity index (χ3v) is 7.01. The summed E-state index contributed by atoms with van der Waals surface area (Å²) in [5, 5.41) is 26.4. The van der Waals surface area contributed by atoms with Crippen LogP contribution in [0.4, 0.5) is 11.4 Å². The van der Waals surface area contributed by atoms with Gasteiger partial charge in [-0.25, -0.2) is 0 Å².